The van der Waals surface area contributed by atoms with Gasteiger partial charge in [-0.15, -0.1) is 0 Å². The molecule has 2 aliphatic carbocycles. The third kappa shape index (κ3) is 6.52. The molecule has 0 saturated heterocycles. The number of fused-ring (bicyclic) bond motifs is 9. The Kier molecular flexibility index (Phi) is 9.30. The second-order valence-corrected chi connectivity index (χ2v) is 20.1. The lowest BCUT2D eigenvalue weighted by molar-refractivity contribution is 0.660. The largest absolute Gasteiger partial charge is 0.310 e. The van der Waals surface area contributed by atoms with E-state index in [-0.39, 0.29) is 10.8 Å². The molecular weight excluding hydrogens is 831 g/mol. The maximum Gasteiger partial charge on any atom is 0.0540 e. The summed E-state index contributed by atoms with van der Waals surface area (Å²) in [6, 6.07) is 88.1. The first-order valence-electron chi connectivity index (χ1n) is 24.3. The van der Waals surface area contributed by atoms with Crippen molar-refractivity contribution in [1.29, 1.82) is 0 Å². The molecule has 1 nitrogen and oxygen atoms in total. The Morgan fingerprint density at radius 1 is 0.261 bits per heavy atom. The van der Waals surface area contributed by atoms with Crippen LogP contribution in [0.25, 0.3) is 88.3 Å². The lowest BCUT2D eigenvalue weighted by Crippen LogP contribution is -2.18. The lowest BCUT2D eigenvalue weighted by atomic mass is 9.81. The van der Waals surface area contributed by atoms with Crippen molar-refractivity contribution in [3.05, 3.63) is 259 Å². The van der Waals surface area contributed by atoms with Gasteiger partial charge >= 0.3 is 0 Å². The normalized spacial score (nSPS) is 13.7. The molecule has 0 atom stereocenters. The molecule has 13 rings (SSSR count). The van der Waals surface area contributed by atoms with Crippen molar-refractivity contribution >= 4 is 38.6 Å². The van der Waals surface area contributed by atoms with Crippen LogP contribution in [0.5, 0.6) is 0 Å². The van der Waals surface area contributed by atoms with Gasteiger partial charge in [-0.2, -0.15) is 0 Å². The van der Waals surface area contributed by atoms with E-state index in [0.717, 1.165) is 17.1 Å². The number of hydrogen-bond acceptors (Lipinski definition) is 1. The zero-order valence-corrected chi connectivity index (χ0v) is 39.5. The highest BCUT2D eigenvalue weighted by atomic mass is 15.1. The first-order valence-corrected chi connectivity index (χ1v) is 24.3. The van der Waals surface area contributed by atoms with Crippen molar-refractivity contribution in [3.63, 3.8) is 0 Å². The summed E-state index contributed by atoms with van der Waals surface area (Å²) in [6.45, 7) is 9.62. The highest BCUT2D eigenvalue weighted by Gasteiger charge is 2.39. The topological polar surface area (TPSA) is 3.24 Å². The predicted molar refractivity (Wildman–Crippen MR) is 293 cm³/mol. The molecule has 1 heteroatoms. The van der Waals surface area contributed by atoms with Crippen molar-refractivity contribution in [3.8, 4) is 66.8 Å². The Morgan fingerprint density at radius 2 is 0.681 bits per heavy atom. The molecule has 328 valence electrons. The first-order chi connectivity index (χ1) is 33.7. The molecule has 0 fully saturated rings. The van der Waals surface area contributed by atoms with Gasteiger partial charge in [-0.1, -0.05) is 216 Å². The van der Waals surface area contributed by atoms with Crippen LogP contribution in [0.4, 0.5) is 17.1 Å². The zero-order chi connectivity index (χ0) is 46.4. The molecular formula is C68H51N. The van der Waals surface area contributed by atoms with Crippen molar-refractivity contribution in [2.45, 2.75) is 38.5 Å². The summed E-state index contributed by atoms with van der Waals surface area (Å²) in [5, 5.41) is 5.14. The number of para-hydroxylation sites is 1. The molecule has 0 aromatic heterocycles. The van der Waals surface area contributed by atoms with Gasteiger partial charge in [0, 0.05) is 27.8 Å². The molecule has 0 N–H and O–H groups in total. The zero-order valence-electron chi connectivity index (χ0n) is 39.5. The third-order valence-corrected chi connectivity index (χ3v) is 15.5. The quantitative estimate of drug-likeness (QED) is 0.144. The molecule has 0 radical (unpaired) electrons. The summed E-state index contributed by atoms with van der Waals surface area (Å²) < 4.78 is 0. The van der Waals surface area contributed by atoms with Crippen LogP contribution >= 0.6 is 0 Å². The fourth-order valence-electron chi connectivity index (χ4n) is 11.8. The van der Waals surface area contributed by atoms with Gasteiger partial charge in [-0.05, 0) is 154 Å². The van der Waals surface area contributed by atoms with Crippen LogP contribution < -0.4 is 4.90 Å². The van der Waals surface area contributed by atoms with E-state index >= 15 is 0 Å². The van der Waals surface area contributed by atoms with Gasteiger partial charge in [-0.3, -0.25) is 0 Å². The summed E-state index contributed by atoms with van der Waals surface area (Å²) in [6.07, 6.45) is 0. The maximum absolute atomic E-state index is 2.52. The molecule has 0 amide bonds. The summed E-state index contributed by atoms with van der Waals surface area (Å²) in [5.41, 5.74) is 23.4. The Hall–Kier alpha value is -8.26. The first kappa shape index (κ1) is 41.0. The van der Waals surface area contributed by atoms with Crippen molar-refractivity contribution in [2.24, 2.45) is 0 Å². The minimum atomic E-state index is -0.250. The van der Waals surface area contributed by atoms with Gasteiger partial charge in [0.2, 0.25) is 0 Å². The Morgan fingerprint density at radius 3 is 1.30 bits per heavy atom. The minimum Gasteiger partial charge on any atom is -0.310 e. The maximum atomic E-state index is 2.52. The lowest BCUT2D eigenvalue weighted by Gasteiger charge is -2.31. The monoisotopic (exact) mass is 881 g/mol. The van der Waals surface area contributed by atoms with Crippen LogP contribution in [-0.4, -0.2) is 0 Å². The summed E-state index contributed by atoms with van der Waals surface area (Å²) in [4.78, 5) is 2.52. The van der Waals surface area contributed by atoms with Gasteiger partial charge in [0.25, 0.3) is 0 Å². The SMILES string of the molecule is CC1(C)c2cc(-c3ccccc3)ccc2-c2ccc(N(c3ccc4c(c3)C(C)(C)c3cc(-c5cc6ccccc6c6ccccc56)ccc3-4)c3ccccc3-c3ccc(-c4ccccc4)cc3)cc21. The van der Waals surface area contributed by atoms with Crippen molar-refractivity contribution < 1.29 is 0 Å². The molecule has 2 aliphatic rings. The highest BCUT2D eigenvalue weighted by molar-refractivity contribution is 6.14. The van der Waals surface area contributed by atoms with Crippen LogP contribution in [0.3, 0.4) is 0 Å². The second kappa shape index (κ2) is 15.7. The molecule has 69 heavy (non-hydrogen) atoms. The summed E-state index contributed by atoms with van der Waals surface area (Å²) >= 11 is 0. The van der Waals surface area contributed by atoms with E-state index in [0.29, 0.717) is 0 Å². The van der Waals surface area contributed by atoms with Crippen LogP contribution in [0.15, 0.2) is 237 Å². The highest BCUT2D eigenvalue weighted by Crippen LogP contribution is 2.55. The summed E-state index contributed by atoms with van der Waals surface area (Å²) in [7, 11) is 0. The number of nitrogens with zero attached hydrogens (tertiary/aromatic N) is 1. The van der Waals surface area contributed by atoms with Crippen LogP contribution in [-0.2, 0) is 10.8 Å². The van der Waals surface area contributed by atoms with E-state index in [1.807, 2.05) is 0 Å². The van der Waals surface area contributed by atoms with Gasteiger partial charge in [0.05, 0.1) is 5.69 Å². The Balaban J connectivity index is 0.951. The Bertz CT molecular complexity index is 3820. The second-order valence-electron chi connectivity index (χ2n) is 20.1. The molecule has 11 aromatic carbocycles. The third-order valence-electron chi connectivity index (χ3n) is 15.5. The standard InChI is InChI=1S/C68H51N/c1-67(2)62-40-48(45-19-9-6-10-20-45)31-35-57(62)59-37-33-51(42-64(59)67)69(66-26-16-15-23-54(66)47-29-27-46(28-30-47)44-17-7-5-8-18-44)52-34-38-60-58-36-32-50(41-63(58)68(3,4)65(60)43-52)61-39-49-21-11-12-22-53(49)55-24-13-14-25-56(55)61/h5-43H,1-4H3. The van der Waals surface area contributed by atoms with Crippen molar-refractivity contribution in [1.82, 2.24) is 0 Å². The predicted octanol–water partition coefficient (Wildman–Crippen LogP) is 18.7. The minimum absolute atomic E-state index is 0.209. The van der Waals surface area contributed by atoms with Gasteiger partial charge in [0.1, 0.15) is 0 Å². The van der Waals surface area contributed by atoms with E-state index in [2.05, 4.69) is 269 Å². The number of anilines is 3. The number of rotatable bonds is 7. The van der Waals surface area contributed by atoms with E-state index in [9.17, 15) is 0 Å². The van der Waals surface area contributed by atoms with E-state index < -0.39 is 0 Å². The molecule has 0 bridgehead atoms. The van der Waals surface area contributed by atoms with Crippen LogP contribution in [0.1, 0.15) is 49.9 Å². The molecule has 0 saturated carbocycles. The van der Waals surface area contributed by atoms with Crippen LogP contribution in [0, 0.1) is 0 Å². The molecule has 0 aliphatic heterocycles. The fourth-order valence-corrected chi connectivity index (χ4v) is 11.8. The Labute approximate surface area is 405 Å². The number of hydrogen-bond donors (Lipinski definition) is 0. The fraction of sp³-hybridized carbons (Fsp3) is 0.0882. The average Bonchev–Trinajstić information content (AvgIpc) is 3.77. The van der Waals surface area contributed by atoms with E-state index in [1.165, 1.54) is 111 Å². The average molecular weight is 882 g/mol. The molecule has 0 unspecified atom stereocenters. The number of benzene rings is 11. The van der Waals surface area contributed by atoms with Crippen LogP contribution in [0.2, 0.25) is 0 Å². The van der Waals surface area contributed by atoms with Crippen molar-refractivity contribution in [2.75, 3.05) is 4.90 Å². The summed E-state index contributed by atoms with van der Waals surface area (Å²) in [5.74, 6) is 0. The van der Waals surface area contributed by atoms with Gasteiger partial charge < -0.3 is 4.90 Å². The smallest absolute Gasteiger partial charge is 0.0540 e. The van der Waals surface area contributed by atoms with Gasteiger partial charge in [0.15, 0.2) is 0 Å². The van der Waals surface area contributed by atoms with E-state index in [1.54, 1.807) is 0 Å². The molecule has 0 spiro atoms. The molecule has 11 aromatic rings. The molecule has 0 heterocycles. The van der Waals surface area contributed by atoms with E-state index in [4.69, 9.17) is 0 Å². The van der Waals surface area contributed by atoms with Gasteiger partial charge in [-0.25, -0.2) is 0 Å².